The molecule has 208 valence electrons. The largest absolute Gasteiger partial charge is 0.485 e. The molecular formula is C23H27F5N6O3S. The number of aromatic nitrogens is 2. The molecule has 0 bridgehead atoms. The summed E-state index contributed by atoms with van der Waals surface area (Å²) in [6, 6.07) is 4.58. The lowest BCUT2D eigenvalue weighted by atomic mass is 9.96. The highest BCUT2D eigenvalue weighted by Gasteiger charge is 2.55. The summed E-state index contributed by atoms with van der Waals surface area (Å²) < 4.78 is 84.1. The minimum absolute atomic E-state index is 0.0352. The topological polar surface area (TPSA) is 135 Å². The second kappa shape index (κ2) is 9.93. The van der Waals surface area contributed by atoms with Crippen LogP contribution < -0.4 is 20.5 Å². The Hall–Kier alpha value is -3.04. The molecule has 1 amide bonds. The van der Waals surface area contributed by atoms with Crippen molar-refractivity contribution in [2.75, 3.05) is 24.2 Å². The first-order chi connectivity index (χ1) is 17.7. The van der Waals surface area contributed by atoms with Crippen molar-refractivity contribution in [3.8, 4) is 5.75 Å². The fourth-order valence-corrected chi connectivity index (χ4v) is 7.47. The molecule has 4 heterocycles. The molecule has 0 aromatic carbocycles. The number of halogens is 5. The van der Waals surface area contributed by atoms with Gasteiger partial charge in [0, 0.05) is 12.3 Å². The van der Waals surface area contributed by atoms with E-state index >= 15 is 0 Å². The summed E-state index contributed by atoms with van der Waals surface area (Å²) in [5.41, 5.74) is 4.68. The van der Waals surface area contributed by atoms with Gasteiger partial charge in [0.1, 0.15) is 40.1 Å². The van der Waals surface area contributed by atoms with Gasteiger partial charge in [-0.3, -0.25) is 14.5 Å². The van der Waals surface area contributed by atoms with Crippen LogP contribution in [-0.2, 0) is 5.54 Å². The first-order valence-electron chi connectivity index (χ1n) is 11.6. The van der Waals surface area contributed by atoms with Gasteiger partial charge < -0.3 is 20.3 Å². The Labute approximate surface area is 216 Å². The Morgan fingerprint density at radius 1 is 1.32 bits per heavy atom. The van der Waals surface area contributed by atoms with E-state index < -0.39 is 51.5 Å². The zero-order chi connectivity index (χ0) is 27.9. The lowest BCUT2D eigenvalue weighted by molar-refractivity contribution is -0.148. The molecule has 4 rings (SSSR count). The van der Waals surface area contributed by atoms with E-state index in [1.165, 1.54) is 6.07 Å². The Balaban J connectivity index is 1.52. The third-order valence-corrected chi connectivity index (χ3v) is 10.2. The maximum atomic E-state index is 15.0. The summed E-state index contributed by atoms with van der Waals surface area (Å²) in [6.45, 7) is 2.47. The number of aliphatic imine (C=N–C) groups is 1. The molecule has 0 spiro atoms. The summed E-state index contributed by atoms with van der Waals surface area (Å²) in [6.07, 6.45) is -1.53. The molecule has 0 radical (unpaired) electrons. The van der Waals surface area contributed by atoms with Crippen LogP contribution in [0.5, 0.6) is 5.75 Å². The number of nitrogens with zero attached hydrogens (tertiary/aromatic N) is 3. The first-order valence-corrected chi connectivity index (χ1v) is 13.3. The summed E-state index contributed by atoms with van der Waals surface area (Å²) in [5.74, 6) is -5.82. The number of alkyl halides is 4. The average molecular weight is 563 g/mol. The normalized spacial score (nSPS) is 29.1. The van der Waals surface area contributed by atoms with E-state index in [9.17, 15) is 31.3 Å². The SMILES string of the molecule is CC1(c2nc(NC(=O)c3ccc(OCC(F)(F)C(F)F)cn3)ccc2F)CS2(O)NCCCC2(C)C(N)=N1. The van der Waals surface area contributed by atoms with E-state index in [-0.39, 0.29) is 34.5 Å². The molecule has 2 aromatic heterocycles. The highest BCUT2D eigenvalue weighted by atomic mass is 32.3. The zero-order valence-electron chi connectivity index (χ0n) is 20.5. The van der Waals surface area contributed by atoms with Gasteiger partial charge in [-0.1, -0.05) is 10.5 Å². The van der Waals surface area contributed by atoms with Gasteiger partial charge in [-0.05, 0) is 51.0 Å². The number of pyridine rings is 2. The number of hydrogen-bond donors (Lipinski definition) is 4. The van der Waals surface area contributed by atoms with Gasteiger partial charge in [-0.2, -0.15) is 8.78 Å². The molecule has 2 aliphatic heterocycles. The van der Waals surface area contributed by atoms with Crippen molar-refractivity contribution in [2.45, 2.75) is 49.3 Å². The summed E-state index contributed by atoms with van der Waals surface area (Å²) >= 11 is 0. The molecule has 5 N–H and O–H groups in total. The molecule has 15 heteroatoms. The van der Waals surface area contributed by atoms with Crippen LogP contribution in [0.3, 0.4) is 0 Å². The zero-order valence-corrected chi connectivity index (χ0v) is 21.3. The van der Waals surface area contributed by atoms with E-state index in [0.717, 1.165) is 30.8 Å². The number of rotatable bonds is 7. The Morgan fingerprint density at radius 3 is 2.71 bits per heavy atom. The predicted molar refractivity (Wildman–Crippen MR) is 133 cm³/mol. The predicted octanol–water partition coefficient (Wildman–Crippen LogP) is 4.07. The summed E-state index contributed by atoms with van der Waals surface area (Å²) in [5, 5.41) is 2.47. The van der Waals surface area contributed by atoms with E-state index in [4.69, 9.17) is 5.73 Å². The average Bonchev–Trinajstić information content (AvgIpc) is 2.85. The first kappa shape index (κ1) is 28.0. The molecule has 3 atom stereocenters. The Bertz CT molecular complexity index is 1250. The standard InChI is InChI=1S/C23H27F5N6O3S/c1-21(12-38(36)22(2,20(29)34-21)8-3-9-31-38)17-14(24)5-7-16(32-17)33-18(35)15-6-4-13(10-30-15)37-11-23(27,28)19(25)26/h4-7,10,19,31,36H,3,8-9,11-12H2,1-2H3,(H2,29,34)(H,32,33,35). The smallest absolute Gasteiger partial charge is 0.340 e. The number of amides is 1. The van der Waals surface area contributed by atoms with Gasteiger partial charge in [0.05, 0.1) is 10.9 Å². The highest BCUT2D eigenvalue weighted by molar-refractivity contribution is 8.29. The molecule has 2 aliphatic rings. The minimum atomic E-state index is -4.34. The third kappa shape index (κ3) is 5.14. The van der Waals surface area contributed by atoms with Crippen LogP contribution in [0.2, 0.25) is 0 Å². The van der Waals surface area contributed by atoms with Crippen LogP contribution in [0.4, 0.5) is 27.8 Å². The molecular weight excluding hydrogens is 535 g/mol. The maximum Gasteiger partial charge on any atom is 0.340 e. The van der Waals surface area contributed by atoms with E-state index in [1.54, 1.807) is 6.92 Å². The van der Waals surface area contributed by atoms with Crippen LogP contribution in [0.15, 0.2) is 35.5 Å². The number of amidine groups is 1. The van der Waals surface area contributed by atoms with E-state index in [1.807, 2.05) is 6.92 Å². The molecule has 0 aliphatic carbocycles. The number of hydrogen-bond acceptors (Lipinski definition) is 8. The van der Waals surface area contributed by atoms with Crippen molar-refractivity contribution in [1.82, 2.24) is 14.7 Å². The molecule has 3 unspecified atom stereocenters. The fraction of sp³-hybridized carbons (Fsp3) is 0.478. The van der Waals surface area contributed by atoms with Gasteiger partial charge >= 0.3 is 12.3 Å². The summed E-state index contributed by atoms with van der Waals surface area (Å²) in [7, 11) is -2.52. The van der Waals surface area contributed by atoms with Crippen LogP contribution in [0.1, 0.15) is 42.9 Å². The van der Waals surface area contributed by atoms with Gasteiger partial charge in [-0.15, -0.1) is 0 Å². The van der Waals surface area contributed by atoms with Gasteiger partial charge in [0.25, 0.3) is 5.91 Å². The number of carbonyl (C=O) groups excluding carboxylic acids is 1. The van der Waals surface area contributed by atoms with Crippen molar-refractivity contribution in [2.24, 2.45) is 10.7 Å². The van der Waals surface area contributed by atoms with Crippen molar-refractivity contribution < 1.29 is 36.0 Å². The van der Waals surface area contributed by atoms with Gasteiger partial charge in [0.2, 0.25) is 0 Å². The molecule has 0 saturated carbocycles. The quantitative estimate of drug-likeness (QED) is 0.374. The van der Waals surface area contributed by atoms with E-state index in [2.05, 4.69) is 29.7 Å². The number of nitrogens with two attached hydrogens (primary N) is 1. The number of anilines is 1. The van der Waals surface area contributed by atoms with Crippen molar-refractivity contribution >= 4 is 28.1 Å². The Kier molecular flexibility index (Phi) is 7.31. The molecule has 1 fully saturated rings. The monoisotopic (exact) mass is 562 g/mol. The van der Waals surface area contributed by atoms with Gasteiger partial charge in [0.15, 0.2) is 6.61 Å². The van der Waals surface area contributed by atoms with Gasteiger partial charge in [-0.25, -0.2) is 23.1 Å². The lowest BCUT2D eigenvalue weighted by Crippen LogP contribution is -2.60. The number of ether oxygens (including phenoxy) is 1. The highest BCUT2D eigenvalue weighted by Crippen LogP contribution is 2.62. The number of carbonyl (C=O) groups is 1. The van der Waals surface area contributed by atoms with Crippen LogP contribution in [-0.4, -0.2) is 62.3 Å². The second-order valence-electron chi connectivity index (χ2n) is 9.56. The van der Waals surface area contributed by atoms with Crippen LogP contribution >= 0.6 is 10.5 Å². The van der Waals surface area contributed by atoms with Crippen LogP contribution in [0.25, 0.3) is 0 Å². The van der Waals surface area contributed by atoms with Crippen molar-refractivity contribution in [1.29, 1.82) is 0 Å². The summed E-state index contributed by atoms with van der Waals surface area (Å²) in [4.78, 5) is 25.2. The second-order valence-corrected chi connectivity index (χ2v) is 12.4. The van der Waals surface area contributed by atoms with Crippen molar-refractivity contribution in [3.63, 3.8) is 0 Å². The van der Waals surface area contributed by atoms with E-state index in [0.29, 0.717) is 13.0 Å². The Morgan fingerprint density at radius 2 is 2.05 bits per heavy atom. The van der Waals surface area contributed by atoms with Crippen molar-refractivity contribution in [3.05, 3.63) is 47.7 Å². The third-order valence-electron chi connectivity index (χ3n) is 6.63. The molecule has 1 saturated heterocycles. The molecule has 2 aromatic rings. The van der Waals surface area contributed by atoms with Crippen LogP contribution in [0, 0.1) is 5.82 Å². The number of fused-ring (bicyclic) bond motifs is 1. The molecule has 38 heavy (non-hydrogen) atoms. The number of nitrogens with one attached hydrogen (secondary N) is 2. The lowest BCUT2D eigenvalue weighted by Gasteiger charge is -2.57. The minimum Gasteiger partial charge on any atom is -0.485 e. The molecule has 9 nitrogen and oxygen atoms in total. The fourth-order valence-electron chi connectivity index (χ4n) is 4.36. The maximum absolute atomic E-state index is 15.0.